The molecule has 1 aromatic heterocycles. The van der Waals surface area contributed by atoms with Gasteiger partial charge in [-0.1, -0.05) is 24.3 Å². The van der Waals surface area contributed by atoms with Gasteiger partial charge in [0.1, 0.15) is 11.5 Å². The number of carbonyl (C=O) groups excluding carboxylic acids is 1. The first-order valence-corrected chi connectivity index (χ1v) is 11.9. The summed E-state index contributed by atoms with van der Waals surface area (Å²) in [5.41, 5.74) is 1.17. The normalized spacial score (nSPS) is 19.5. The number of halogens is 2. The van der Waals surface area contributed by atoms with Crippen molar-refractivity contribution in [3.63, 3.8) is 0 Å². The molecule has 11 heteroatoms. The second kappa shape index (κ2) is 8.22. The van der Waals surface area contributed by atoms with E-state index in [1.54, 1.807) is 41.3 Å². The number of ether oxygens (including phenoxy) is 1. The van der Waals surface area contributed by atoms with Gasteiger partial charge in [-0.2, -0.15) is 17.2 Å². The lowest BCUT2D eigenvalue weighted by Gasteiger charge is -2.32. The smallest absolute Gasteiger partial charge is 0.320 e. The number of carbonyl (C=O) groups is 1. The number of aromatic nitrogens is 2. The number of fused-ring (bicyclic) bond motifs is 2. The van der Waals surface area contributed by atoms with Gasteiger partial charge in [-0.15, -0.1) is 4.40 Å². The Labute approximate surface area is 188 Å². The molecule has 3 aromatic rings. The van der Waals surface area contributed by atoms with Crippen molar-refractivity contribution in [1.29, 1.82) is 0 Å². The molecule has 0 bridgehead atoms. The monoisotopic (exact) mass is 474 g/mol. The van der Waals surface area contributed by atoms with Crippen molar-refractivity contribution in [2.75, 3.05) is 13.1 Å². The van der Waals surface area contributed by atoms with E-state index >= 15 is 0 Å². The fourth-order valence-electron chi connectivity index (χ4n) is 4.35. The number of alkyl halides is 2. The van der Waals surface area contributed by atoms with Crippen molar-refractivity contribution in [3.05, 3.63) is 59.9 Å². The Balaban J connectivity index is 1.31. The number of sulfonamides is 1. The number of para-hydroxylation sites is 2. The average Bonchev–Trinajstić information content (AvgIpc) is 3.32. The minimum atomic E-state index is -3.77. The van der Waals surface area contributed by atoms with Gasteiger partial charge in [0.25, 0.3) is 10.0 Å². The largest absolute Gasteiger partial charge is 0.457 e. The third kappa shape index (κ3) is 3.86. The molecule has 0 unspecified atom stereocenters. The summed E-state index contributed by atoms with van der Waals surface area (Å²) in [5, 5.41) is 0. The molecule has 33 heavy (non-hydrogen) atoms. The first kappa shape index (κ1) is 21.5. The number of hydrogen-bond acceptors (Lipinski definition) is 6. The van der Waals surface area contributed by atoms with E-state index in [4.69, 9.17) is 4.74 Å². The minimum Gasteiger partial charge on any atom is -0.457 e. The summed E-state index contributed by atoms with van der Waals surface area (Å²) < 4.78 is 62.0. The van der Waals surface area contributed by atoms with E-state index in [0.29, 0.717) is 36.3 Å². The van der Waals surface area contributed by atoms with Gasteiger partial charge in [0.15, 0.2) is 11.7 Å². The third-order valence-electron chi connectivity index (χ3n) is 5.87. The van der Waals surface area contributed by atoms with Crippen LogP contribution in [0.5, 0.6) is 0 Å². The van der Waals surface area contributed by atoms with Gasteiger partial charge < -0.3 is 9.64 Å². The SMILES string of the molecule is O=C(OCc1nc2ccccc2n1C(F)F)[C@H]1CCCN(C2=NS(=O)(=O)c3ccccc32)C1. The second-order valence-electron chi connectivity index (χ2n) is 7.94. The molecular formula is C22H20F2N4O4S. The summed E-state index contributed by atoms with van der Waals surface area (Å²) in [4.78, 5) is 18.9. The van der Waals surface area contributed by atoms with Crippen molar-refractivity contribution in [2.45, 2.75) is 30.9 Å². The summed E-state index contributed by atoms with van der Waals surface area (Å²) in [6.07, 6.45) is 1.18. The lowest BCUT2D eigenvalue weighted by molar-refractivity contribution is -0.151. The van der Waals surface area contributed by atoms with Gasteiger partial charge in [0, 0.05) is 18.7 Å². The fourth-order valence-corrected chi connectivity index (χ4v) is 5.57. The van der Waals surface area contributed by atoms with Crippen LogP contribution < -0.4 is 0 Å². The van der Waals surface area contributed by atoms with Crippen LogP contribution in [-0.2, 0) is 26.2 Å². The number of piperidine rings is 1. The number of hydrogen-bond donors (Lipinski definition) is 0. The molecule has 1 saturated heterocycles. The van der Waals surface area contributed by atoms with E-state index in [-0.39, 0.29) is 29.4 Å². The molecule has 172 valence electrons. The van der Waals surface area contributed by atoms with Crippen LogP contribution >= 0.6 is 0 Å². The number of likely N-dealkylation sites (tertiary alicyclic amines) is 1. The molecule has 0 N–H and O–H groups in total. The first-order valence-electron chi connectivity index (χ1n) is 10.4. The highest BCUT2D eigenvalue weighted by Gasteiger charge is 2.35. The lowest BCUT2D eigenvalue weighted by Crippen LogP contribution is -2.42. The maximum Gasteiger partial charge on any atom is 0.320 e. The molecule has 0 radical (unpaired) electrons. The molecule has 0 spiro atoms. The van der Waals surface area contributed by atoms with Crippen LogP contribution in [0, 0.1) is 5.92 Å². The zero-order valence-corrected chi connectivity index (χ0v) is 18.2. The van der Waals surface area contributed by atoms with Crippen molar-refractivity contribution in [1.82, 2.24) is 14.5 Å². The van der Waals surface area contributed by atoms with Gasteiger partial charge in [0.05, 0.1) is 17.0 Å². The van der Waals surface area contributed by atoms with Crippen LogP contribution in [0.15, 0.2) is 57.8 Å². The average molecular weight is 474 g/mol. The Hall–Kier alpha value is -3.34. The van der Waals surface area contributed by atoms with E-state index in [0.717, 1.165) is 4.57 Å². The topological polar surface area (TPSA) is 93.9 Å². The first-order chi connectivity index (χ1) is 15.8. The Morgan fingerprint density at radius 3 is 2.73 bits per heavy atom. The molecule has 1 atom stereocenters. The predicted molar refractivity (Wildman–Crippen MR) is 115 cm³/mol. The highest BCUT2D eigenvalue weighted by atomic mass is 32.2. The molecule has 5 rings (SSSR count). The molecule has 1 fully saturated rings. The zero-order valence-electron chi connectivity index (χ0n) is 17.4. The molecule has 3 heterocycles. The van der Waals surface area contributed by atoms with Crippen LogP contribution in [0.1, 0.15) is 30.8 Å². The van der Waals surface area contributed by atoms with Gasteiger partial charge in [-0.05, 0) is 37.1 Å². The third-order valence-corrected chi connectivity index (χ3v) is 7.20. The second-order valence-corrected chi connectivity index (χ2v) is 9.52. The van der Waals surface area contributed by atoms with Gasteiger partial charge in [0.2, 0.25) is 0 Å². The fraction of sp³-hybridized carbons (Fsp3) is 0.318. The summed E-state index contributed by atoms with van der Waals surface area (Å²) in [6, 6.07) is 13.1. The van der Waals surface area contributed by atoms with Crippen LogP contribution in [0.4, 0.5) is 8.78 Å². The van der Waals surface area contributed by atoms with Crippen molar-refractivity contribution < 1.29 is 26.7 Å². The number of nitrogens with zero attached hydrogens (tertiary/aromatic N) is 4. The van der Waals surface area contributed by atoms with E-state index in [9.17, 15) is 22.0 Å². The van der Waals surface area contributed by atoms with E-state index < -0.39 is 28.5 Å². The van der Waals surface area contributed by atoms with Crippen LogP contribution in [0.3, 0.4) is 0 Å². The lowest BCUT2D eigenvalue weighted by atomic mass is 9.97. The highest BCUT2D eigenvalue weighted by molar-refractivity contribution is 7.90. The molecule has 8 nitrogen and oxygen atoms in total. The Morgan fingerprint density at radius 1 is 1.15 bits per heavy atom. The van der Waals surface area contributed by atoms with Gasteiger partial charge >= 0.3 is 12.5 Å². The standard InChI is InChI=1S/C22H20F2N4O4S/c23-22(24)28-17-9-3-2-8-16(17)25-19(28)13-32-21(29)14-6-5-11-27(12-14)20-15-7-1-4-10-18(15)33(30,31)26-20/h1-4,7-10,14,22H,5-6,11-13H2/t14-/m0/s1. The van der Waals surface area contributed by atoms with E-state index in [1.165, 1.54) is 12.1 Å². The zero-order chi connectivity index (χ0) is 23.2. The Kier molecular flexibility index (Phi) is 5.35. The van der Waals surface area contributed by atoms with Crippen molar-refractivity contribution >= 4 is 32.9 Å². The van der Waals surface area contributed by atoms with Crippen LogP contribution in [0.25, 0.3) is 11.0 Å². The number of imidazole rings is 1. The molecule has 2 aromatic carbocycles. The minimum absolute atomic E-state index is 0.0348. The maximum atomic E-state index is 13.6. The molecule has 0 aliphatic carbocycles. The molecule has 2 aliphatic rings. The van der Waals surface area contributed by atoms with Gasteiger partial charge in [-0.3, -0.25) is 9.36 Å². The van der Waals surface area contributed by atoms with Crippen LogP contribution in [-0.4, -0.2) is 47.8 Å². The summed E-state index contributed by atoms with van der Waals surface area (Å²) in [6.45, 7) is -2.42. The van der Waals surface area contributed by atoms with Gasteiger partial charge in [-0.25, -0.2) is 4.98 Å². The Morgan fingerprint density at radius 2 is 1.91 bits per heavy atom. The number of rotatable bonds is 4. The number of esters is 1. The molecule has 2 aliphatic heterocycles. The van der Waals surface area contributed by atoms with Crippen molar-refractivity contribution in [2.24, 2.45) is 10.3 Å². The molecule has 0 saturated carbocycles. The maximum absolute atomic E-state index is 13.6. The summed E-state index contributed by atoms with van der Waals surface area (Å²) >= 11 is 0. The quantitative estimate of drug-likeness (QED) is 0.539. The number of benzene rings is 2. The Bertz CT molecular complexity index is 1370. The number of amidine groups is 1. The van der Waals surface area contributed by atoms with E-state index in [1.807, 2.05) is 0 Å². The molecular weight excluding hydrogens is 454 g/mol. The predicted octanol–water partition coefficient (Wildman–Crippen LogP) is 3.34. The summed E-state index contributed by atoms with van der Waals surface area (Å²) in [5.74, 6) is -0.793. The van der Waals surface area contributed by atoms with Crippen LogP contribution in [0.2, 0.25) is 0 Å². The van der Waals surface area contributed by atoms with E-state index in [2.05, 4.69) is 9.38 Å². The highest BCUT2D eigenvalue weighted by Crippen LogP contribution is 2.30. The summed E-state index contributed by atoms with van der Waals surface area (Å²) in [7, 11) is -3.77. The molecule has 0 amide bonds. The van der Waals surface area contributed by atoms with Crippen molar-refractivity contribution in [3.8, 4) is 0 Å².